The molecule has 2 aromatic carbocycles. The summed E-state index contributed by atoms with van der Waals surface area (Å²) in [6.45, 7) is 6.67. The van der Waals surface area contributed by atoms with Gasteiger partial charge in [0.05, 0.1) is 12.0 Å². The van der Waals surface area contributed by atoms with Gasteiger partial charge in [-0.15, -0.1) is 0 Å². The third kappa shape index (κ3) is 4.06. The zero-order chi connectivity index (χ0) is 24.0. The molecule has 1 saturated heterocycles. The fraction of sp³-hybridized carbons (Fsp3) is 0.370. The molecule has 5 rings (SSSR count). The lowest BCUT2D eigenvalue weighted by Gasteiger charge is -2.44. The lowest BCUT2D eigenvalue weighted by Crippen LogP contribution is -2.53. The number of ketones is 1. The summed E-state index contributed by atoms with van der Waals surface area (Å²) in [5.74, 6) is 1.11. The summed E-state index contributed by atoms with van der Waals surface area (Å²) in [5.41, 5.74) is 2.97. The first-order valence-electron chi connectivity index (χ1n) is 11.5. The molecule has 3 heterocycles. The van der Waals surface area contributed by atoms with E-state index in [-0.39, 0.29) is 18.3 Å². The summed E-state index contributed by atoms with van der Waals surface area (Å²) in [6.07, 6.45) is 1.53. The number of carbonyl (C=O) groups is 2. The van der Waals surface area contributed by atoms with Crippen LogP contribution in [0.15, 0.2) is 45.6 Å². The standard InChI is InChI=1S/C27H27NO6/c1-16-10-18(3)26-21(29)14-27(34-23(26)11-16)6-8-28(9-7-27)24(30)15-32-19-4-5-20-17(2)12-25(31)33-22(20)13-19/h4-5,10-13H,6-9,14-15H2,1-3H3. The summed E-state index contributed by atoms with van der Waals surface area (Å²) in [6, 6.07) is 10.6. The van der Waals surface area contributed by atoms with Crippen LogP contribution in [0.1, 0.15) is 46.3 Å². The predicted molar refractivity (Wildman–Crippen MR) is 127 cm³/mol. The van der Waals surface area contributed by atoms with Crippen LogP contribution in [0.3, 0.4) is 0 Å². The van der Waals surface area contributed by atoms with Gasteiger partial charge >= 0.3 is 5.63 Å². The van der Waals surface area contributed by atoms with Crippen LogP contribution in [0.2, 0.25) is 0 Å². The largest absolute Gasteiger partial charge is 0.486 e. The van der Waals surface area contributed by atoms with Gasteiger partial charge in [-0.1, -0.05) is 6.07 Å². The monoisotopic (exact) mass is 461 g/mol. The lowest BCUT2D eigenvalue weighted by atomic mass is 9.81. The second-order valence-corrected chi connectivity index (χ2v) is 9.42. The van der Waals surface area contributed by atoms with E-state index in [1.165, 1.54) is 6.07 Å². The molecule has 176 valence electrons. The van der Waals surface area contributed by atoms with Crippen molar-refractivity contribution in [2.75, 3.05) is 19.7 Å². The first kappa shape index (κ1) is 22.2. The van der Waals surface area contributed by atoms with Gasteiger partial charge < -0.3 is 18.8 Å². The molecule has 0 bridgehead atoms. The van der Waals surface area contributed by atoms with Gasteiger partial charge in [-0.25, -0.2) is 4.79 Å². The molecule has 3 aromatic rings. The molecule has 2 aliphatic rings. The van der Waals surface area contributed by atoms with E-state index in [1.807, 2.05) is 39.0 Å². The maximum Gasteiger partial charge on any atom is 0.336 e. The minimum Gasteiger partial charge on any atom is -0.486 e. The van der Waals surface area contributed by atoms with E-state index in [4.69, 9.17) is 13.9 Å². The molecule has 1 aromatic heterocycles. The Bertz CT molecular complexity index is 1360. The van der Waals surface area contributed by atoms with Crippen LogP contribution in [0.25, 0.3) is 11.0 Å². The van der Waals surface area contributed by atoms with Gasteiger partial charge in [0.15, 0.2) is 12.4 Å². The van der Waals surface area contributed by atoms with Crippen molar-refractivity contribution < 1.29 is 23.5 Å². The predicted octanol–water partition coefficient (Wildman–Crippen LogP) is 4.12. The minimum atomic E-state index is -0.560. The van der Waals surface area contributed by atoms with Crippen LogP contribution in [0, 0.1) is 20.8 Å². The van der Waals surface area contributed by atoms with Crippen LogP contribution in [-0.4, -0.2) is 41.9 Å². The Balaban J connectivity index is 1.22. The maximum absolute atomic E-state index is 12.9. The Morgan fingerprint density at radius 2 is 1.79 bits per heavy atom. The Labute approximate surface area is 197 Å². The van der Waals surface area contributed by atoms with Crippen molar-refractivity contribution >= 4 is 22.7 Å². The zero-order valence-corrected chi connectivity index (χ0v) is 19.6. The number of fused-ring (bicyclic) bond motifs is 2. The van der Waals surface area contributed by atoms with E-state index in [0.29, 0.717) is 55.0 Å². The number of hydrogen-bond donors (Lipinski definition) is 0. The molecule has 1 spiro atoms. The topological polar surface area (TPSA) is 86.0 Å². The Kier molecular flexibility index (Phi) is 5.42. The molecule has 34 heavy (non-hydrogen) atoms. The number of ether oxygens (including phenoxy) is 2. The van der Waals surface area contributed by atoms with Crippen LogP contribution >= 0.6 is 0 Å². The smallest absolute Gasteiger partial charge is 0.336 e. The van der Waals surface area contributed by atoms with Crippen LogP contribution in [-0.2, 0) is 4.79 Å². The highest BCUT2D eigenvalue weighted by Gasteiger charge is 2.44. The fourth-order valence-electron chi connectivity index (χ4n) is 5.09. The molecule has 7 heteroatoms. The molecular weight excluding hydrogens is 434 g/mol. The summed E-state index contributed by atoms with van der Waals surface area (Å²) in [5, 5.41) is 0.827. The lowest BCUT2D eigenvalue weighted by molar-refractivity contribution is -0.136. The van der Waals surface area contributed by atoms with Gasteiger partial charge in [0, 0.05) is 43.5 Å². The molecule has 0 saturated carbocycles. The van der Waals surface area contributed by atoms with E-state index in [9.17, 15) is 14.4 Å². The highest BCUT2D eigenvalue weighted by atomic mass is 16.5. The number of benzene rings is 2. The van der Waals surface area contributed by atoms with Crippen molar-refractivity contribution in [1.82, 2.24) is 4.90 Å². The number of likely N-dealkylation sites (tertiary alicyclic amines) is 1. The fourth-order valence-corrected chi connectivity index (χ4v) is 5.09. The molecule has 0 radical (unpaired) electrons. The van der Waals surface area contributed by atoms with E-state index in [0.717, 1.165) is 22.1 Å². The molecule has 1 fully saturated rings. The van der Waals surface area contributed by atoms with E-state index >= 15 is 0 Å². The molecule has 0 atom stereocenters. The first-order valence-corrected chi connectivity index (χ1v) is 11.5. The molecule has 0 unspecified atom stereocenters. The highest BCUT2D eigenvalue weighted by molar-refractivity contribution is 6.01. The molecule has 7 nitrogen and oxygen atoms in total. The second-order valence-electron chi connectivity index (χ2n) is 9.42. The number of carbonyl (C=O) groups excluding carboxylic acids is 2. The number of Topliss-reactive ketones (excluding diaryl/α,β-unsaturated/α-hetero) is 1. The quantitative estimate of drug-likeness (QED) is 0.546. The van der Waals surface area contributed by atoms with E-state index < -0.39 is 11.2 Å². The molecule has 0 N–H and O–H groups in total. The normalized spacial score (nSPS) is 16.9. The van der Waals surface area contributed by atoms with Crippen molar-refractivity contribution in [2.45, 2.75) is 45.6 Å². The van der Waals surface area contributed by atoms with Gasteiger partial charge in [-0.05, 0) is 55.7 Å². The van der Waals surface area contributed by atoms with Crippen LogP contribution < -0.4 is 15.1 Å². The summed E-state index contributed by atoms with van der Waals surface area (Å²) in [4.78, 5) is 39.1. The number of piperidine rings is 1. The summed E-state index contributed by atoms with van der Waals surface area (Å²) < 4.78 is 17.3. The first-order chi connectivity index (χ1) is 16.2. The van der Waals surface area contributed by atoms with Gasteiger partial charge in [-0.2, -0.15) is 0 Å². The van der Waals surface area contributed by atoms with Crippen molar-refractivity contribution in [3.8, 4) is 11.5 Å². The minimum absolute atomic E-state index is 0.111. The molecular formula is C27H27NO6. The molecule has 0 aliphatic carbocycles. The summed E-state index contributed by atoms with van der Waals surface area (Å²) in [7, 11) is 0. The van der Waals surface area contributed by atoms with Gasteiger partial charge in [0.1, 0.15) is 22.7 Å². The van der Waals surface area contributed by atoms with Crippen molar-refractivity contribution in [3.05, 3.63) is 69.1 Å². The molecule has 1 amide bonds. The van der Waals surface area contributed by atoms with E-state index in [2.05, 4.69) is 0 Å². The Hall–Kier alpha value is -3.61. The number of amides is 1. The Morgan fingerprint density at radius 3 is 2.56 bits per heavy atom. The highest BCUT2D eigenvalue weighted by Crippen LogP contribution is 2.41. The third-order valence-electron chi connectivity index (χ3n) is 6.84. The van der Waals surface area contributed by atoms with Crippen molar-refractivity contribution in [3.63, 3.8) is 0 Å². The van der Waals surface area contributed by atoms with Gasteiger partial charge in [0.2, 0.25) is 0 Å². The number of aryl methyl sites for hydroxylation is 3. The van der Waals surface area contributed by atoms with Crippen LogP contribution in [0.5, 0.6) is 11.5 Å². The van der Waals surface area contributed by atoms with Crippen molar-refractivity contribution in [2.24, 2.45) is 0 Å². The number of hydrogen-bond acceptors (Lipinski definition) is 6. The third-order valence-corrected chi connectivity index (χ3v) is 6.84. The average molecular weight is 462 g/mol. The van der Waals surface area contributed by atoms with E-state index in [1.54, 1.807) is 17.0 Å². The second kappa shape index (κ2) is 8.31. The SMILES string of the molecule is Cc1cc(C)c2c(c1)OC1(CCN(C(=O)COc3ccc4c(C)cc(=O)oc4c3)CC1)CC2=O. The number of rotatable bonds is 3. The Morgan fingerprint density at radius 1 is 1.03 bits per heavy atom. The van der Waals surface area contributed by atoms with Gasteiger partial charge in [0.25, 0.3) is 5.91 Å². The van der Waals surface area contributed by atoms with Crippen molar-refractivity contribution in [1.29, 1.82) is 0 Å². The average Bonchev–Trinajstić information content (AvgIpc) is 2.76. The van der Waals surface area contributed by atoms with Crippen LogP contribution in [0.4, 0.5) is 0 Å². The maximum atomic E-state index is 12.9. The summed E-state index contributed by atoms with van der Waals surface area (Å²) >= 11 is 0. The van der Waals surface area contributed by atoms with Gasteiger partial charge in [-0.3, -0.25) is 9.59 Å². The molecule has 2 aliphatic heterocycles. The number of nitrogens with zero attached hydrogens (tertiary/aromatic N) is 1. The zero-order valence-electron chi connectivity index (χ0n) is 19.6.